The van der Waals surface area contributed by atoms with Gasteiger partial charge in [0.2, 0.25) is 0 Å². The Balaban J connectivity index is 2.03. The monoisotopic (exact) mass is 315 g/mol. The number of carboxylic acids is 1. The van der Waals surface area contributed by atoms with Gasteiger partial charge in [0.05, 0.1) is 11.1 Å². The minimum absolute atomic E-state index is 0.287. The average molecular weight is 315 g/mol. The predicted molar refractivity (Wildman–Crippen MR) is 86.7 cm³/mol. The molecule has 0 unspecified atom stereocenters. The van der Waals surface area contributed by atoms with Gasteiger partial charge in [-0.15, -0.1) is 0 Å². The lowest BCUT2D eigenvalue weighted by Gasteiger charge is -2.18. The number of hydrogen-bond acceptors (Lipinski definition) is 3. The number of carbonyl (C=O) groups excluding carboxylic acids is 1. The third kappa shape index (κ3) is 3.97. The lowest BCUT2D eigenvalue weighted by molar-refractivity contribution is -0.147. The van der Waals surface area contributed by atoms with Crippen LogP contribution in [0.4, 0.5) is 0 Å². The number of aromatic nitrogens is 2. The Kier molecular flexibility index (Phi) is 4.83. The Bertz CT molecular complexity index is 705. The normalized spacial score (nSPS) is 11.3. The topological polar surface area (TPSA) is 84.2 Å². The number of para-hydroxylation sites is 1. The number of aliphatic carboxylic acids is 1. The highest BCUT2D eigenvalue weighted by atomic mass is 16.4. The maximum atomic E-state index is 12.2. The fourth-order valence-corrected chi connectivity index (χ4v) is 2.10. The molecule has 0 spiro atoms. The maximum Gasteiger partial charge on any atom is 0.309 e. The lowest BCUT2D eigenvalue weighted by Crippen LogP contribution is -2.32. The van der Waals surface area contributed by atoms with Crippen molar-refractivity contribution in [2.45, 2.75) is 27.2 Å². The number of nitrogens with zero attached hydrogens (tertiary/aromatic N) is 2. The molecule has 0 aliphatic carbocycles. The summed E-state index contributed by atoms with van der Waals surface area (Å²) in [5, 5.41) is 16.1. The summed E-state index contributed by atoms with van der Waals surface area (Å²) >= 11 is 0. The number of amides is 1. The average Bonchev–Trinajstić information content (AvgIpc) is 2.90. The minimum Gasteiger partial charge on any atom is -0.481 e. The van der Waals surface area contributed by atoms with Crippen LogP contribution in [-0.4, -0.2) is 33.3 Å². The van der Waals surface area contributed by atoms with Crippen molar-refractivity contribution in [3.63, 3.8) is 0 Å². The van der Waals surface area contributed by atoms with E-state index < -0.39 is 11.4 Å². The molecule has 23 heavy (non-hydrogen) atoms. The van der Waals surface area contributed by atoms with E-state index in [0.29, 0.717) is 12.1 Å². The summed E-state index contributed by atoms with van der Waals surface area (Å²) in [6.45, 7) is 5.44. The number of hydrogen-bond donors (Lipinski definition) is 2. The third-order valence-corrected chi connectivity index (χ3v) is 3.74. The molecule has 0 radical (unpaired) electrons. The van der Waals surface area contributed by atoms with Crippen molar-refractivity contribution >= 4 is 11.9 Å². The van der Waals surface area contributed by atoms with Crippen LogP contribution in [0.25, 0.3) is 5.69 Å². The van der Waals surface area contributed by atoms with Crippen LogP contribution in [0.15, 0.2) is 36.4 Å². The highest BCUT2D eigenvalue weighted by molar-refractivity contribution is 5.92. The highest BCUT2D eigenvalue weighted by Gasteiger charge is 2.26. The molecule has 0 fully saturated rings. The van der Waals surface area contributed by atoms with E-state index in [1.807, 2.05) is 37.3 Å². The van der Waals surface area contributed by atoms with Crippen LogP contribution in [-0.2, 0) is 4.79 Å². The predicted octanol–water partition coefficient (Wildman–Crippen LogP) is 2.41. The van der Waals surface area contributed by atoms with Crippen molar-refractivity contribution in [2.24, 2.45) is 5.41 Å². The number of nitrogens with one attached hydrogen (secondary N) is 1. The number of aryl methyl sites for hydroxylation is 1. The van der Waals surface area contributed by atoms with E-state index in [9.17, 15) is 9.59 Å². The molecule has 122 valence electrons. The molecule has 1 aromatic carbocycles. The van der Waals surface area contributed by atoms with Crippen molar-refractivity contribution in [1.29, 1.82) is 0 Å². The first-order valence-corrected chi connectivity index (χ1v) is 7.45. The molecular weight excluding hydrogens is 294 g/mol. The zero-order valence-corrected chi connectivity index (χ0v) is 13.5. The van der Waals surface area contributed by atoms with Crippen LogP contribution in [0.1, 0.15) is 36.5 Å². The molecule has 1 aromatic heterocycles. The van der Waals surface area contributed by atoms with Gasteiger partial charge < -0.3 is 10.4 Å². The van der Waals surface area contributed by atoms with Gasteiger partial charge in [0, 0.05) is 12.2 Å². The van der Waals surface area contributed by atoms with E-state index in [1.165, 1.54) is 0 Å². The van der Waals surface area contributed by atoms with Crippen LogP contribution in [0, 0.1) is 12.3 Å². The van der Waals surface area contributed by atoms with E-state index >= 15 is 0 Å². The van der Waals surface area contributed by atoms with Gasteiger partial charge in [-0.25, -0.2) is 4.68 Å². The van der Waals surface area contributed by atoms with E-state index in [0.717, 1.165) is 11.4 Å². The van der Waals surface area contributed by atoms with E-state index in [1.54, 1.807) is 24.6 Å². The van der Waals surface area contributed by atoms with E-state index in [2.05, 4.69) is 10.4 Å². The van der Waals surface area contributed by atoms with Crippen LogP contribution in [0.3, 0.4) is 0 Å². The Morgan fingerprint density at radius 1 is 1.26 bits per heavy atom. The van der Waals surface area contributed by atoms with Crippen LogP contribution in [0.5, 0.6) is 0 Å². The quantitative estimate of drug-likeness (QED) is 0.857. The van der Waals surface area contributed by atoms with E-state index in [-0.39, 0.29) is 12.5 Å². The fraction of sp³-hybridized carbons (Fsp3) is 0.353. The van der Waals surface area contributed by atoms with Gasteiger partial charge in [0.25, 0.3) is 5.91 Å². The Labute approximate surface area is 135 Å². The van der Waals surface area contributed by atoms with E-state index in [4.69, 9.17) is 5.11 Å². The lowest BCUT2D eigenvalue weighted by atomic mass is 9.90. The molecule has 2 aromatic rings. The summed E-state index contributed by atoms with van der Waals surface area (Å²) in [7, 11) is 0. The molecule has 0 aliphatic heterocycles. The summed E-state index contributed by atoms with van der Waals surface area (Å²) in [6, 6.07) is 11.3. The smallest absolute Gasteiger partial charge is 0.309 e. The Morgan fingerprint density at radius 3 is 2.52 bits per heavy atom. The van der Waals surface area contributed by atoms with Crippen molar-refractivity contribution in [1.82, 2.24) is 15.1 Å². The van der Waals surface area contributed by atoms with Crippen LogP contribution < -0.4 is 5.32 Å². The number of carboxylic acid groups (broad SMARTS) is 1. The Hall–Kier alpha value is -2.63. The summed E-state index contributed by atoms with van der Waals surface area (Å²) in [4.78, 5) is 23.2. The fourth-order valence-electron chi connectivity index (χ4n) is 2.10. The SMILES string of the molecule is Cc1cc(C(=O)NCCC(C)(C)C(=O)O)nn1-c1ccccc1. The molecule has 0 atom stereocenters. The summed E-state index contributed by atoms with van der Waals surface area (Å²) in [5.74, 6) is -1.18. The molecule has 6 nitrogen and oxygen atoms in total. The first-order valence-electron chi connectivity index (χ1n) is 7.45. The molecule has 2 N–H and O–H groups in total. The largest absolute Gasteiger partial charge is 0.481 e. The second kappa shape index (κ2) is 6.64. The van der Waals surface area contributed by atoms with Gasteiger partial charge in [-0.2, -0.15) is 5.10 Å². The van der Waals surface area contributed by atoms with Gasteiger partial charge in [-0.05, 0) is 45.4 Å². The molecule has 1 heterocycles. The summed E-state index contributed by atoms with van der Waals surface area (Å²) in [5.41, 5.74) is 1.19. The minimum atomic E-state index is -0.879. The number of rotatable bonds is 6. The molecular formula is C17H21N3O3. The van der Waals surface area contributed by atoms with Gasteiger partial charge >= 0.3 is 5.97 Å². The van der Waals surface area contributed by atoms with Gasteiger partial charge in [-0.3, -0.25) is 9.59 Å². The summed E-state index contributed by atoms with van der Waals surface area (Å²) < 4.78 is 1.70. The molecule has 1 amide bonds. The van der Waals surface area contributed by atoms with Gasteiger partial charge in [0.15, 0.2) is 5.69 Å². The summed E-state index contributed by atoms with van der Waals surface area (Å²) in [6.07, 6.45) is 0.354. The number of carbonyl (C=O) groups is 2. The van der Waals surface area contributed by atoms with Crippen molar-refractivity contribution in [2.75, 3.05) is 6.54 Å². The molecule has 0 bridgehead atoms. The Morgan fingerprint density at radius 2 is 1.91 bits per heavy atom. The maximum absolute atomic E-state index is 12.2. The van der Waals surface area contributed by atoms with Crippen molar-refractivity contribution in [3.8, 4) is 5.69 Å². The van der Waals surface area contributed by atoms with Crippen LogP contribution >= 0.6 is 0 Å². The third-order valence-electron chi connectivity index (χ3n) is 3.74. The zero-order chi connectivity index (χ0) is 17.0. The number of benzene rings is 1. The molecule has 0 saturated heterocycles. The standard InChI is InChI=1S/C17H21N3O3/c1-12-11-14(19-20(12)13-7-5-4-6-8-13)15(21)18-10-9-17(2,3)16(22)23/h4-8,11H,9-10H2,1-3H3,(H,18,21)(H,22,23). The second-order valence-electron chi connectivity index (χ2n) is 6.11. The van der Waals surface area contributed by atoms with Crippen molar-refractivity contribution in [3.05, 3.63) is 47.8 Å². The molecule has 0 aliphatic rings. The highest BCUT2D eigenvalue weighted by Crippen LogP contribution is 2.19. The first kappa shape index (κ1) is 16.7. The first-order chi connectivity index (χ1) is 10.8. The zero-order valence-electron chi connectivity index (χ0n) is 13.5. The van der Waals surface area contributed by atoms with Gasteiger partial charge in [0.1, 0.15) is 0 Å². The molecule has 0 saturated carbocycles. The molecule has 2 rings (SSSR count). The van der Waals surface area contributed by atoms with Crippen LogP contribution in [0.2, 0.25) is 0 Å². The van der Waals surface area contributed by atoms with Crippen molar-refractivity contribution < 1.29 is 14.7 Å². The van der Waals surface area contributed by atoms with Gasteiger partial charge in [-0.1, -0.05) is 18.2 Å². The molecule has 6 heteroatoms. The second-order valence-corrected chi connectivity index (χ2v) is 6.11.